The third kappa shape index (κ3) is 1.76. The molecule has 88 valence electrons. The van der Waals surface area contributed by atoms with Gasteiger partial charge in [0.05, 0.1) is 7.11 Å². The summed E-state index contributed by atoms with van der Waals surface area (Å²) in [5.74, 6) is 1.38. The van der Waals surface area contributed by atoms with E-state index in [2.05, 4.69) is 6.92 Å². The minimum Gasteiger partial charge on any atom is -0.504 e. The molecule has 0 saturated heterocycles. The molecule has 0 amide bonds. The number of rotatable bonds is 4. The van der Waals surface area contributed by atoms with E-state index in [1.807, 2.05) is 12.1 Å². The number of ether oxygens (including phenoxy) is 1. The van der Waals surface area contributed by atoms with Gasteiger partial charge < -0.3 is 15.6 Å². The Morgan fingerprint density at radius 3 is 2.69 bits per heavy atom. The van der Waals surface area contributed by atoms with Crippen LogP contribution in [0, 0.1) is 5.92 Å². The van der Waals surface area contributed by atoms with E-state index in [9.17, 15) is 5.11 Å². The molecule has 0 spiro atoms. The number of phenols is 1. The van der Waals surface area contributed by atoms with Crippen molar-refractivity contribution in [2.75, 3.05) is 13.7 Å². The normalized spacial score (nSPS) is 19.2. The van der Waals surface area contributed by atoms with E-state index in [1.54, 1.807) is 13.2 Å². The first kappa shape index (κ1) is 11.3. The molecule has 0 bridgehead atoms. The zero-order valence-corrected chi connectivity index (χ0v) is 9.86. The van der Waals surface area contributed by atoms with Gasteiger partial charge in [-0.25, -0.2) is 0 Å². The number of methoxy groups -OCH3 is 1. The van der Waals surface area contributed by atoms with Gasteiger partial charge in [0.2, 0.25) is 0 Å². The molecule has 1 saturated carbocycles. The molecule has 1 aliphatic rings. The maximum absolute atomic E-state index is 9.57. The fraction of sp³-hybridized carbons (Fsp3) is 0.538. The Morgan fingerprint density at radius 2 is 2.19 bits per heavy atom. The third-order valence-electron chi connectivity index (χ3n) is 3.74. The molecule has 1 unspecified atom stereocenters. The van der Waals surface area contributed by atoms with Gasteiger partial charge in [-0.05, 0) is 36.5 Å². The maximum Gasteiger partial charge on any atom is 0.160 e. The predicted molar refractivity (Wildman–Crippen MR) is 63.8 cm³/mol. The average Bonchev–Trinajstić information content (AvgIpc) is 3.13. The van der Waals surface area contributed by atoms with E-state index >= 15 is 0 Å². The number of benzene rings is 1. The highest BCUT2D eigenvalue weighted by atomic mass is 16.5. The minimum absolute atomic E-state index is 0.0149. The summed E-state index contributed by atoms with van der Waals surface area (Å²) in [4.78, 5) is 0. The second-order valence-electron chi connectivity index (χ2n) is 4.78. The Bertz CT molecular complexity index is 388. The highest BCUT2D eigenvalue weighted by Crippen LogP contribution is 2.47. The second-order valence-corrected chi connectivity index (χ2v) is 4.78. The maximum atomic E-state index is 9.57. The standard InChI is InChI=1S/C13H19NO2/c1-13(8-14,9-3-4-9)10-5-6-11(15)12(7-10)16-2/h5-7,9,15H,3-4,8,14H2,1-2H3. The van der Waals surface area contributed by atoms with Gasteiger partial charge in [-0.2, -0.15) is 0 Å². The van der Waals surface area contributed by atoms with Gasteiger partial charge in [0.25, 0.3) is 0 Å². The van der Waals surface area contributed by atoms with Crippen molar-refractivity contribution in [3.8, 4) is 11.5 Å². The molecule has 1 aromatic carbocycles. The van der Waals surface area contributed by atoms with Crippen molar-refractivity contribution in [2.45, 2.75) is 25.2 Å². The van der Waals surface area contributed by atoms with Crippen LogP contribution in [-0.2, 0) is 5.41 Å². The summed E-state index contributed by atoms with van der Waals surface area (Å²) >= 11 is 0. The summed E-state index contributed by atoms with van der Waals surface area (Å²) in [6, 6.07) is 5.54. The molecule has 3 nitrogen and oxygen atoms in total. The molecule has 0 aliphatic heterocycles. The Hall–Kier alpha value is -1.22. The first-order chi connectivity index (χ1) is 7.61. The number of hydrogen-bond acceptors (Lipinski definition) is 3. The monoisotopic (exact) mass is 221 g/mol. The predicted octanol–water partition coefficient (Wildman–Crippen LogP) is 2.03. The molecule has 1 atom stereocenters. The fourth-order valence-electron chi connectivity index (χ4n) is 2.27. The van der Waals surface area contributed by atoms with Crippen LogP contribution in [0.3, 0.4) is 0 Å². The van der Waals surface area contributed by atoms with E-state index in [0.29, 0.717) is 18.2 Å². The SMILES string of the molecule is COc1cc(C(C)(CN)C2CC2)ccc1O. The van der Waals surface area contributed by atoms with Gasteiger partial charge in [-0.15, -0.1) is 0 Å². The van der Waals surface area contributed by atoms with Gasteiger partial charge in [0, 0.05) is 12.0 Å². The summed E-state index contributed by atoms with van der Waals surface area (Å²) < 4.78 is 5.13. The number of aromatic hydroxyl groups is 1. The van der Waals surface area contributed by atoms with E-state index in [1.165, 1.54) is 12.8 Å². The molecule has 3 N–H and O–H groups in total. The van der Waals surface area contributed by atoms with E-state index < -0.39 is 0 Å². The molecule has 1 aliphatic carbocycles. The number of nitrogens with two attached hydrogens (primary N) is 1. The minimum atomic E-state index is 0.0149. The average molecular weight is 221 g/mol. The number of phenolic OH excluding ortho intramolecular Hbond substituents is 1. The smallest absolute Gasteiger partial charge is 0.160 e. The summed E-state index contributed by atoms with van der Waals surface area (Å²) in [5, 5.41) is 9.57. The fourth-order valence-corrected chi connectivity index (χ4v) is 2.27. The molecule has 0 heterocycles. The Morgan fingerprint density at radius 1 is 1.50 bits per heavy atom. The highest BCUT2D eigenvalue weighted by molar-refractivity contribution is 5.44. The van der Waals surface area contributed by atoms with Crippen LogP contribution in [0.1, 0.15) is 25.3 Å². The van der Waals surface area contributed by atoms with Gasteiger partial charge in [-0.3, -0.25) is 0 Å². The van der Waals surface area contributed by atoms with Crippen molar-refractivity contribution < 1.29 is 9.84 Å². The zero-order chi connectivity index (χ0) is 11.8. The van der Waals surface area contributed by atoms with Crippen molar-refractivity contribution in [1.29, 1.82) is 0 Å². The zero-order valence-electron chi connectivity index (χ0n) is 9.86. The van der Waals surface area contributed by atoms with Crippen molar-refractivity contribution in [3.63, 3.8) is 0 Å². The molecule has 0 radical (unpaired) electrons. The lowest BCUT2D eigenvalue weighted by Crippen LogP contribution is -2.34. The van der Waals surface area contributed by atoms with E-state index in [4.69, 9.17) is 10.5 Å². The first-order valence-electron chi connectivity index (χ1n) is 5.69. The van der Waals surface area contributed by atoms with Crippen molar-refractivity contribution in [2.24, 2.45) is 11.7 Å². The Labute approximate surface area is 96.2 Å². The topological polar surface area (TPSA) is 55.5 Å². The highest BCUT2D eigenvalue weighted by Gasteiger charge is 2.41. The molecule has 1 fully saturated rings. The van der Waals surface area contributed by atoms with Crippen LogP contribution in [-0.4, -0.2) is 18.8 Å². The van der Waals surface area contributed by atoms with Gasteiger partial charge in [0.15, 0.2) is 11.5 Å². The summed E-state index contributed by atoms with van der Waals surface area (Å²) in [5.41, 5.74) is 7.08. The van der Waals surface area contributed by atoms with E-state index in [-0.39, 0.29) is 11.2 Å². The first-order valence-corrected chi connectivity index (χ1v) is 5.69. The molecule has 3 heteroatoms. The molecule has 16 heavy (non-hydrogen) atoms. The molecule has 2 rings (SSSR count). The van der Waals surface area contributed by atoms with Crippen LogP contribution >= 0.6 is 0 Å². The molecular weight excluding hydrogens is 202 g/mol. The van der Waals surface area contributed by atoms with Crippen LogP contribution in [0.2, 0.25) is 0 Å². The van der Waals surface area contributed by atoms with Gasteiger partial charge >= 0.3 is 0 Å². The molecule has 0 aromatic heterocycles. The van der Waals surface area contributed by atoms with Crippen molar-refractivity contribution in [1.82, 2.24) is 0 Å². The van der Waals surface area contributed by atoms with Crippen LogP contribution < -0.4 is 10.5 Å². The van der Waals surface area contributed by atoms with Crippen molar-refractivity contribution >= 4 is 0 Å². The largest absolute Gasteiger partial charge is 0.504 e. The van der Waals surface area contributed by atoms with Crippen LogP contribution in [0.5, 0.6) is 11.5 Å². The lowest BCUT2D eigenvalue weighted by atomic mass is 9.78. The van der Waals surface area contributed by atoms with Crippen LogP contribution in [0.15, 0.2) is 18.2 Å². The lowest BCUT2D eigenvalue weighted by molar-refractivity contribution is 0.367. The van der Waals surface area contributed by atoms with Crippen LogP contribution in [0.4, 0.5) is 0 Å². The third-order valence-corrected chi connectivity index (χ3v) is 3.74. The van der Waals surface area contributed by atoms with Gasteiger partial charge in [0.1, 0.15) is 0 Å². The summed E-state index contributed by atoms with van der Waals surface area (Å²) in [7, 11) is 1.57. The second kappa shape index (κ2) is 3.98. The van der Waals surface area contributed by atoms with Gasteiger partial charge in [-0.1, -0.05) is 13.0 Å². The van der Waals surface area contributed by atoms with Crippen molar-refractivity contribution in [3.05, 3.63) is 23.8 Å². The molecule has 1 aromatic rings. The summed E-state index contributed by atoms with van der Waals surface area (Å²) in [6.45, 7) is 2.82. The Kier molecular flexibility index (Phi) is 2.80. The number of hydrogen-bond donors (Lipinski definition) is 2. The van der Waals surface area contributed by atoms with Crippen LogP contribution in [0.25, 0.3) is 0 Å². The Balaban J connectivity index is 2.38. The van der Waals surface area contributed by atoms with E-state index in [0.717, 1.165) is 5.56 Å². The summed E-state index contributed by atoms with van der Waals surface area (Å²) in [6.07, 6.45) is 2.49. The molecular formula is C13H19NO2. The quantitative estimate of drug-likeness (QED) is 0.818. The lowest BCUT2D eigenvalue weighted by Gasteiger charge is -2.29.